The summed E-state index contributed by atoms with van der Waals surface area (Å²) in [4.78, 5) is 16.5. The van der Waals surface area contributed by atoms with Crippen LogP contribution in [0.3, 0.4) is 0 Å². The van der Waals surface area contributed by atoms with Gasteiger partial charge < -0.3 is 14.8 Å². The largest absolute Gasteiger partial charge is 0.485 e. The lowest BCUT2D eigenvalue weighted by atomic mass is 10.2. The van der Waals surface area contributed by atoms with E-state index in [0.29, 0.717) is 17.2 Å². The van der Waals surface area contributed by atoms with Gasteiger partial charge in [-0.25, -0.2) is 4.98 Å². The summed E-state index contributed by atoms with van der Waals surface area (Å²) in [7, 11) is 0. The molecule has 1 aromatic carbocycles. The Bertz CT molecular complexity index is 690. The molecule has 1 aliphatic rings. The van der Waals surface area contributed by atoms with Crippen LogP contribution in [-0.4, -0.2) is 23.6 Å². The lowest BCUT2D eigenvalue weighted by Gasteiger charge is -2.25. The monoisotopic (exact) mass is 348 g/mol. The van der Waals surface area contributed by atoms with Crippen LogP contribution in [0.5, 0.6) is 11.5 Å². The van der Waals surface area contributed by atoms with Crippen LogP contribution in [0.25, 0.3) is 0 Å². The van der Waals surface area contributed by atoms with Gasteiger partial charge in [0.25, 0.3) is 5.91 Å². The summed E-state index contributed by atoms with van der Waals surface area (Å²) in [6, 6.07) is 10.9. The highest BCUT2D eigenvalue weighted by molar-refractivity contribution is 9.10. The smallest absolute Gasteiger partial charge is 0.269 e. The van der Waals surface area contributed by atoms with Crippen LogP contribution in [-0.2, 0) is 4.79 Å². The molecule has 2 heterocycles. The molecule has 0 radical (unpaired) electrons. The zero-order valence-electron chi connectivity index (χ0n) is 11.3. The molecule has 1 atom stereocenters. The molecular formula is C15H13BrN2O3. The summed E-state index contributed by atoms with van der Waals surface area (Å²) in [5, 5.41) is 2.81. The molecule has 0 aliphatic carbocycles. The molecule has 1 aliphatic heterocycles. The van der Waals surface area contributed by atoms with Crippen LogP contribution in [0.2, 0.25) is 0 Å². The fourth-order valence-corrected chi connectivity index (χ4v) is 2.42. The minimum atomic E-state index is -0.678. The first-order valence-electron chi connectivity index (χ1n) is 6.46. The minimum absolute atomic E-state index is 0.186. The van der Waals surface area contributed by atoms with Crippen LogP contribution in [0.4, 0.5) is 5.69 Å². The quantitative estimate of drug-likeness (QED) is 0.847. The number of benzene rings is 1. The minimum Gasteiger partial charge on any atom is -0.485 e. The molecule has 0 saturated carbocycles. The highest BCUT2D eigenvalue weighted by Crippen LogP contribution is 2.31. The Morgan fingerprint density at radius 3 is 2.81 bits per heavy atom. The van der Waals surface area contributed by atoms with E-state index in [1.165, 1.54) is 0 Å². The number of pyridine rings is 1. The highest BCUT2D eigenvalue weighted by Gasteiger charge is 2.27. The summed E-state index contributed by atoms with van der Waals surface area (Å²) in [5.74, 6) is 0.981. The van der Waals surface area contributed by atoms with Gasteiger partial charge in [0.15, 0.2) is 11.5 Å². The Labute approximate surface area is 130 Å². The lowest BCUT2D eigenvalue weighted by Crippen LogP contribution is -2.40. The molecule has 5 nitrogen and oxygen atoms in total. The first-order chi connectivity index (χ1) is 10.1. The number of para-hydroxylation sites is 2. The number of aromatic nitrogens is 1. The van der Waals surface area contributed by atoms with E-state index in [4.69, 9.17) is 9.47 Å². The average molecular weight is 349 g/mol. The Morgan fingerprint density at radius 2 is 2.05 bits per heavy atom. The Balaban J connectivity index is 1.72. The van der Waals surface area contributed by atoms with Crippen LogP contribution in [0.1, 0.15) is 5.69 Å². The summed E-state index contributed by atoms with van der Waals surface area (Å²) in [5.41, 5.74) is 1.39. The number of rotatable bonds is 2. The molecule has 1 amide bonds. The maximum Gasteiger partial charge on any atom is 0.269 e. The molecule has 0 spiro atoms. The Kier molecular flexibility index (Phi) is 3.79. The number of nitrogens with one attached hydrogen (secondary N) is 1. The van der Waals surface area contributed by atoms with Crippen molar-refractivity contribution in [2.24, 2.45) is 0 Å². The second kappa shape index (κ2) is 5.73. The zero-order chi connectivity index (χ0) is 14.8. The molecule has 0 fully saturated rings. The number of hydrogen-bond donors (Lipinski definition) is 1. The molecule has 1 aromatic heterocycles. The van der Waals surface area contributed by atoms with E-state index in [1.807, 2.05) is 25.1 Å². The van der Waals surface area contributed by atoms with E-state index in [0.717, 1.165) is 10.3 Å². The van der Waals surface area contributed by atoms with Crippen LogP contribution < -0.4 is 14.8 Å². The standard InChI is InChI=1S/C15H13BrN2O3/c1-9-10(6-7-14(16)17-9)18-15(19)13-8-20-11-4-2-3-5-12(11)21-13/h2-7,13H,8H2,1H3,(H,18,19). The summed E-state index contributed by atoms with van der Waals surface area (Å²) < 4.78 is 11.9. The number of ether oxygens (including phenoxy) is 2. The number of fused-ring (bicyclic) bond motifs is 1. The maximum atomic E-state index is 12.3. The number of anilines is 1. The second-order valence-electron chi connectivity index (χ2n) is 4.62. The van der Waals surface area contributed by atoms with Crippen molar-refractivity contribution in [2.45, 2.75) is 13.0 Å². The summed E-state index contributed by atoms with van der Waals surface area (Å²) in [6.07, 6.45) is -0.678. The molecule has 1 unspecified atom stereocenters. The third-order valence-corrected chi connectivity index (χ3v) is 3.55. The van der Waals surface area contributed by atoms with Gasteiger partial charge in [0.1, 0.15) is 11.2 Å². The van der Waals surface area contributed by atoms with Crippen LogP contribution in [0.15, 0.2) is 41.0 Å². The summed E-state index contributed by atoms with van der Waals surface area (Å²) >= 11 is 3.29. The predicted molar refractivity (Wildman–Crippen MR) is 81.7 cm³/mol. The van der Waals surface area contributed by atoms with E-state index in [9.17, 15) is 4.79 Å². The van der Waals surface area contributed by atoms with E-state index in [1.54, 1.807) is 18.2 Å². The van der Waals surface area contributed by atoms with Crippen molar-refractivity contribution in [1.29, 1.82) is 0 Å². The molecule has 21 heavy (non-hydrogen) atoms. The van der Waals surface area contributed by atoms with Crippen LogP contribution >= 0.6 is 15.9 Å². The molecule has 0 saturated heterocycles. The molecular weight excluding hydrogens is 336 g/mol. The third kappa shape index (κ3) is 3.00. The van der Waals surface area contributed by atoms with Crippen molar-refractivity contribution in [3.05, 3.63) is 46.7 Å². The van der Waals surface area contributed by atoms with Gasteiger partial charge in [-0.3, -0.25) is 4.79 Å². The lowest BCUT2D eigenvalue weighted by molar-refractivity contribution is -0.125. The normalized spacial score (nSPS) is 16.4. The van der Waals surface area contributed by atoms with Crippen molar-refractivity contribution in [1.82, 2.24) is 4.98 Å². The number of hydrogen-bond acceptors (Lipinski definition) is 4. The van der Waals surface area contributed by atoms with Gasteiger partial charge in [0.05, 0.1) is 11.4 Å². The van der Waals surface area contributed by atoms with Crippen molar-refractivity contribution in [3.63, 3.8) is 0 Å². The number of amides is 1. The van der Waals surface area contributed by atoms with Crippen molar-refractivity contribution in [3.8, 4) is 11.5 Å². The van der Waals surface area contributed by atoms with E-state index < -0.39 is 6.10 Å². The van der Waals surface area contributed by atoms with Gasteiger partial charge in [0.2, 0.25) is 6.10 Å². The van der Waals surface area contributed by atoms with Gasteiger partial charge in [0, 0.05) is 0 Å². The van der Waals surface area contributed by atoms with E-state index >= 15 is 0 Å². The highest BCUT2D eigenvalue weighted by atomic mass is 79.9. The number of halogens is 1. The van der Waals surface area contributed by atoms with Crippen molar-refractivity contribution in [2.75, 3.05) is 11.9 Å². The van der Waals surface area contributed by atoms with Gasteiger partial charge in [-0.1, -0.05) is 12.1 Å². The molecule has 108 valence electrons. The van der Waals surface area contributed by atoms with Crippen molar-refractivity contribution >= 4 is 27.5 Å². The second-order valence-corrected chi connectivity index (χ2v) is 5.43. The van der Waals surface area contributed by atoms with E-state index in [-0.39, 0.29) is 12.5 Å². The topological polar surface area (TPSA) is 60.5 Å². The van der Waals surface area contributed by atoms with Gasteiger partial charge in [-0.2, -0.15) is 0 Å². The van der Waals surface area contributed by atoms with Crippen molar-refractivity contribution < 1.29 is 14.3 Å². The average Bonchev–Trinajstić information content (AvgIpc) is 2.49. The molecule has 6 heteroatoms. The zero-order valence-corrected chi connectivity index (χ0v) is 12.9. The third-order valence-electron chi connectivity index (χ3n) is 3.11. The SMILES string of the molecule is Cc1nc(Br)ccc1NC(=O)C1COc2ccccc2O1. The Morgan fingerprint density at radius 1 is 1.29 bits per heavy atom. The number of carbonyl (C=O) groups is 1. The van der Waals surface area contributed by atoms with Gasteiger partial charge >= 0.3 is 0 Å². The summed E-state index contributed by atoms with van der Waals surface area (Å²) in [6.45, 7) is 2.01. The molecule has 1 N–H and O–H groups in total. The molecule has 2 aromatic rings. The number of carbonyl (C=O) groups excluding carboxylic acids is 1. The van der Waals surface area contributed by atoms with Gasteiger partial charge in [-0.05, 0) is 47.1 Å². The van der Waals surface area contributed by atoms with Crippen LogP contribution in [0, 0.1) is 6.92 Å². The predicted octanol–water partition coefficient (Wildman–Crippen LogP) is 2.93. The first-order valence-corrected chi connectivity index (χ1v) is 7.25. The maximum absolute atomic E-state index is 12.3. The fourth-order valence-electron chi connectivity index (χ4n) is 2.02. The molecule has 0 bridgehead atoms. The number of nitrogens with zero attached hydrogens (tertiary/aromatic N) is 1. The molecule has 3 rings (SSSR count). The van der Waals surface area contributed by atoms with E-state index in [2.05, 4.69) is 26.2 Å². The fraction of sp³-hybridized carbons (Fsp3) is 0.200. The van der Waals surface area contributed by atoms with Gasteiger partial charge in [-0.15, -0.1) is 0 Å². The Hall–Kier alpha value is -2.08. The first kappa shape index (κ1) is 13.9. The number of aryl methyl sites for hydroxylation is 1.